The van der Waals surface area contributed by atoms with Crippen LogP contribution in [0.1, 0.15) is 45.2 Å². The van der Waals surface area contributed by atoms with E-state index in [2.05, 4.69) is 41.1 Å². The minimum absolute atomic E-state index is 0.0140. The fourth-order valence-electron chi connectivity index (χ4n) is 4.59. The van der Waals surface area contributed by atoms with Gasteiger partial charge in [-0.15, -0.1) is 0 Å². The van der Waals surface area contributed by atoms with Crippen molar-refractivity contribution in [1.82, 2.24) is 25.1 Å². The van der Waals surface area contributed by atoms with Crippen LogP contribution in [0.2, 0.25) is 10.0 Å². The van der Waals surface area contributed by atoms with Crippen molar-refractivity contribution in [1.29, 1.82) is 0 Å². The van der Waals surface area contributed by atoms with Crippen molar-refractivity contribution in [2.24, 2.45) is 5.41 Å². The highest BCUT2D eigenvalue weighted by Gasteiger charge is 2.39. The molecule has 2 heterocycles. The van der Waals surface area contributed by atoms with Crippen molar-refractivity contribution in [3.8, 4) is 11.3 Å². The Bertz CT molecular complexity index is 922. The molecule has 1 unspecified atom stereocenters. The van der Waals surface area contributed by atoms with Crippen LogP contribution < -0.4 is 5.32 Å². The van der Waals surface area contributed by atoms with E-state index in [0.717, 1.165) is 30.6 Å². The van der Waals surface area contributed by atoms with Gasteiger partial charge in [0.2, 0.25) is 0 Å². The average Bonchev–Trinajstić information content (AvgIpc) is 2.73. The van der Waals surface area contributed by atoms with Gasteiger partial charge in [0.25, 0.3) is 0 Å². The summed E-state index contributed by atoms with van der Waals surface area (Å²) in [6, 6.07) is 3.61. The van der Waals surface area contributed by atoms with Gasteiger partial charge in [0, 0.05) is 37.6 Å². The maximum Gasteiger partial charge on any atom is 0.317 e. The molecular weight excluding hydrogens is 433 g/mol. The van der Waals surface area contributed by atoms with E-state index in [1.54, 1.807) is 18.6 Å². The number of piperidine rings is 1. The van der Waals surface area contributed by atoms with Crippen LogP contribution >= 0.6 is 23.2 Å². The van der Waals surface area contributed by atoms with Crippen LogP contribution in [0.3, 0.4) is 0 Å². The molecular formula is C23H31Cl2N5O. The lowest BCUT2D eigenvalue weighted by Gasteiger charge is -2.47. The van der Waals surface area contributed by atoms with E-state index in [4.69, 9.17) is 23.2 Å². The van der Waals surface area contributed by atoms with Crippen LogP contribution in [-0.4, -0.2) is 59.0 Å². The molecule has 3 rings (SSSR count). The van der Waals surface area contributed by atoms with Gasteiger partial charge in [-0.25, -0.2) is 4.79 Å². The second-order valence-corrected chi connectivity index (χ2v) is 9.73. The summed E-state index contributed by atoms with van der Waals surface area (Å²) in [5.74, 6) is 0. The summed E-state index contributed by atoms with van der Waals surface area (Å²) in [4.78, 5) is 25.7. The molecule has 1 saturated heterocycles. The zero-order valence-corrected chi connectivity index (χ0v) is 20.3. The third kappa shape index (κ3) is 5.13. The van der Waals surface area contributed by atoms with Crippen LogP contribution in [0.4, 0.5) is 4.79 Å². The quantitative estimate of drug-likeness (QED) is 0.655. The number of hydrogen-bond donors (Lipinski definition) is 1. The van der Waals surface area contributed by atoms with Crippen molar-refractivity contribution >= 4 is 29.2 Å². The topological polar surface area (TPSA) is 61.4 Å². The highest BCUT2D eigenvalue weighted by atomic mass is 35.5. The first-order valence-corrected chi connectivity index (χ1v) is 11.4. The lowest BCUT2D eigenvalue weighted by molar-refractivity contribution is 0.0444. The average molecular weight is 464 g/mol. The van der Waals surface area contributed by atoms with Crippen LogP contribution in [0.5, 0.6) is 0 Å². The number of likely N-dealkylation sites (tertiary alicyclic amines) is 1. The number of aromatic nitrogens is 2. The van der Waals surface area contributed by atoms with Crippen LogP contribution in [-0.2, 0) is 0 Å². The first-order valence-electron chi connectivity index (χ1n) is 10.6. The summed E-state index contributed by atoms with van der Waals surface area (Å²) in [5.41, 5.74) is 2.18. The molecule has 2 atom stereocenters. The first kappa shape index (κ1) is 23.8. The summed E-state index contributed by atoms with van der Waals surface area (Å²) < 4.78 is 0. The van der Waals surface area contributed by atoms with E-state index in [-0.39, 0.29) is 23.5 Å². The summed E-state index contributed by atoms with van der Waals surface area (Å²) >= 11 is 13.2. The largest absolute Gasteiger partial charge is 0.331 e. The molecule has 1 N–H and O–H groups in total. The summed E-state index contributed by atoms with van der Waals surface area (Å²) in [6.07, 6.45) is 6.51. The lowest BCUT2D eigenvalue weighted by atomic mass is 9.78. The molecule has 8 heteroatoms. The van der Waals surface area contributed by atoms with Crippen molar-refractivity contribution < 1.29 is 4.79 Å². The molecule has 31 heavy (non-hydrogen) atoms. The van der Waals surface area contributed by atoms with E-state index in [1.165, 1.54) is 0 Å². The number of amides is 2. The highest BCUT2D eigenvalue weighted by Crippen LogP contribution is 2.38. The van der Waals surface area contributed by atoms with E-state index >= 15 is 0 Å². The maximum absolute atomic E-state index is 13.1. The monoisotopic (exact) mass is 463 g/mol. The summed E-state index contributed by atoms with van der Waals surface area (Å²) in [6.45, 7) is 8.39. The van der Waals surface area contributed by atoms with Crippen LogP contribution in [0.15, 0.2) is 30.7 Å². The minimum atomic E-state index is -0.245. The molecule has 2 amide bonds. The van der Waals surface area contributed by atoms with E-state index in [1.807, 2.05) is 31.0 Å². The number of nitrogens with zero attached hydrogens (tertiary/aromatic N) is 4. The first-order chi connectivity index (χ1) is 14.7. The molecule has 1 aromatic carbocycles. The third-order valence-electron chi connectivity index (χ3n) is 6.18. The number of hydrogen-bond acceptors (Lipinski definition) is 4. The summed E-state index contributed by atoms with van der Waals surface area (Å²) in [7, 11) is 4.01. The van der Waals surface area contributed by atoms with Gasteiger partial charge in [0.1, 0.15) is 0 Å². The Labute approximate surface area is 195 Å². The normalized spacial score (nSPS) is 19.6. The maximum atomic E-state index is 13.1. The zero-order chi connectivity index (χ0) is 22.8. The van der Waals surface area contributed by atoms with Gasteiger partial charge in [0.15, 0.2) is 0 Å². The Morgan fingerprint density at radius 2 is 2.06 bits per heavy atom. The highest BCUT2D eigenvalue weighted by molar-refractivity contribution is 6.44. The Balaban J connectivity index is 1.79. The van der Waals surface area contributed by atoms with Crippen molar-refractivity contribution in [3.05, 3.63) is 46.3 Å². The van der Waals surface area contributed by atoms with Gasteiger partial charge >= 0.3 is 6.03 Å². The zero-order valence-electron chi connectivity index (χ0n) is 18.8. The lowest BCUT2D eigenvalue weighted by Crippen LogP contribution is -2.57. The molecule has 1 fully saturated rings. The van der Waals surface area contributed by atoms with E-state index < -0.39 is 0 Å². The van der Waals surface area contributed by atoms with Gasteiger partial charge in [-0.2, -0.15) is 0 Å². The Kier molecular flexibility index (Phi) is 7.45. The fraction of sp³-hybridized carbons (Fsp3) is 0.522. The molecule has 0 bridgehead atoms. The molecule has 0 aliphatic carbocycles. The number of urea groups is 1. The molecule has 6 nitrogen and oxygen atoms in total. The van der Waals surface area contributed by atoms with Gasteiger partial charge in [-0.3, -0.25) is 9.97 Å². The van der Waals surface area contributed by atoms with Crippen LogP contribution in [0.25, 0.3) is 11.3 Å². The predicted octanol–water partition coefficient (Wildman–Crippen LogP) is 5.27. The molecule has 168 valence electrons. The van der Waals surface area contributed by atoms with Crippen molar-refractivity contribution in [2.45, 2.75) is 45.7 Å². The molecule has 2 aromatic rings. The number of nitrogens with one attached hydrogen (secondary N) is 1. The van der Waals surface area contributed by atoms with Crippen molar-refractivity contribution in [3.63, 3.8) is 0 Å². The van der Waals surface area contributed by atoms with Crippen LogP contribution in [0, 0.1) is 5.41 Å². The SMILES string of the molecule is CCC(NC(=O)N(C)[C@@H]1CCN(C)CC1(C)C)c1ccc(-c2cnccn2)c(Cl)c1Cl. The number of benzene rings is 1. The molecule has 0 radical (unpaired) electrons. The number of rotatable bonds is 5. The molecule has 0 spiro atoms. The van der Waals surface area contributed by atoms with Gasteiger partial charge in [0.05, 0.1) is 28.0 Å². The minimum Gasteiger partial charge on any atom is -0.331 e. The molecule has 0 saturated carbocycles. The molecule has 1 aliphatic heterocycles. The number of halogens is 2. The molecule has 1 aliphatic rings. The standard InChI is InChI=1S/C23H31Cl2N5O/c1-6-17(28-22(31)30(5)19-9-12-29(4)14-23(19,2)3)15-7-8-16(21(25)20(15)24)18-13-26-10-11-27-18/h7-8,10-11,13,17,19H,6,9,12,14H2,1-5H3,(H,28,31)/t17?,19-/m1/s1. The van der Waals surface area contributed by atoms with Gasteiger partial charge in [-0.05, 0) is 37.4 Å². The molecule has 1 aromatic heterocycles. The third-order valence-corrected chi connectivity index (χ3v) is 7.08. The van der Waals surface area contributed by atoms with Crippen molar-refractivity contribution in [2.75, 3.05) is 27.2 Å². The predicted molar refractivity (Wildman–Crippen MR) is 126 cm³/mol. The van der Waals surface area contributed by atoms with E-state index in [9.17, 15) is 4.79 Å². The number of carbonyl (C=O) groups is 1. The fourth-order valence-corrected chi connectivity index (χ4v) is 5.16. The van der Waals surface area contributed by atoms with Gasteiger partial charge in [-0.1, -0.05) is 56.1 Å². The Morgan fingerprint density at radius 3 is 2.68 bits per heavy atom. The Hall–Kier alpha value is -1.89. The Morgan fingerprint density at radius 1 is 1.32 bits per heavy atom. The van der Waals surface area contributed by atoms with E-state index in [0.29, 0.717) is 22.2 Å². The van der Waals surface area contributed by atoms with Gasteiger partial charge < -0.3 is 15.1 Å². The second-order valence-electron chi connectivity index (χ2n) is 8.97. The second kappa shape index (κ2) is 9.72. The smallest absolute Gasteiger partial charge is 0.317 e. The summed E-state index contributed by atoms with van der Waals surface area (Å²) in [5, 5.41) is 4.00. The number of carbonyl (C=O) groups excluding carboxylic acids is 1.